The van der Waals surface area contributed by atoms with E-state index in [1.807, 2.05) is 32.0 Å². The Kier molecular flexibility index (Phi) is 5.17. The second-order valence-corrected chi connectivity index (χ2v) is 6.38. The monoisotopic (exact) mass is 320 g/mol. The Morgan fingerprint density at radius 3 is 2.50 bits per heavy atom. The molecule has 0 saturated carbocycles. The molecule has 0 saturated heterocycles. The molecule has 0 aliphatic carbocycles. The van der Waals surface area contributed by atoms with E-state index in [1.165, 1.54) is 11.1 Å². The summed E-state index contributed by atoms with van der Waals surface area (Å²) >= 11 is 0. The number of allylic oxidation sites excluding steroid dienone is 1. The summed E-state index contributed by atoms with van der Waals surface area (Å²) in [4.78, 5) is 0. The molecule has 1 aliphatic heterocycles. The predicted octanol–water partition coefficient (Wildman–Crippen LogP) is 5.28. The highest BCUT2D eigenvalue weighted by Crippen LogP contribution is 2.28. The van der Waals surface area contributed by atoms with Gasteiger partial charge in [-0.25, -0.2) is 0 Å². The minimum atomic E-state index is 0.223. The summed E-state index contributed by atoms with van der Waals surface area (Å²) in [5.41, 5.74) is 5.49. The fraction of sp³-hybridized carbons (Fsp3) is 0.273. The molecule has 0 fully saturated rings. The van der Waals surface area contributed by atoms with Crippen molar-refractivity contribution in [3.8, 4) is 5.75 Å². The quantitative estimate of drug-likeness (QED) is 0.599. The van der Waals surface area contributed by atoms with Gasteiger partial charge in [-0.15, -0.1) is 0 Å². The highest BCUT2D eigenvalue weighted by atomic mass is 16.5. The number of rotatable bonds is 5. The Morgan fingerprint density at radius 1 is 1.17 bits per heavy atom. The lowest BCUT2D eigenvalue weighted by Crippen LogP contribution is -2.04. The van der Waals surface area contributed by atoms with Crippen molar-refractivity contribution in [2.45, 2.75) is 32.8 Å². The van der Waals surface area contributed by atoms with Gasteiger partial charge in [0.15, 0.2) is 0 Å². The van der Waals surface area contributed by atoms with Gasteiger partial charge in [-0.2, -0.15) is 0 Å². The van der Waals surface area contributed by atoms with Crippen molar-refractivity contribution in [3.05, 3.63) is 76.9 Å². The largest absolute Gasteiger partial charge is 0.507 e. The van der Waals surface area contributed by atoms with E-state index < -0.39 is 0 Å². The number of aromatic hydroxyl groups is 1. The minimum Gasteiger partial charge on any atom is -0.507 e. The van der Waals surface area contributed by atoms with E-state index in [4.69, 9.17) is 4.74 Å². The summed E-state index contributed by atoms with van der Waals surface area (Å²) in [6, 6.07) is 14.6. The number of phenolic OH excluding ortho intramolecular Hbond substituents is 1. The van der Waals surface area contributed by atoms with E-state index in [9.17, 15) is 5.11 Å². The van der Waals surface area contributed by atoms with Crippen LogP contribution in [0.4, 0.5) is 0 Å². The Morgan fingerprint density at radius 2 is 1.88 bits per heavy atom. The standard InChI is InChI=1S/C22H24O2/c1-16-13-18(14-17(2)22(16)23)15-20(19-7-4-3-5-8-19)10-11-21-9-6-12-24-21/h3-9,13-15,21,23H,10-12H2,1-2H3/b20-15-/t21-/m0/s1. The first-order valence-electron chi connectivity index (χ1n) is 8.48. The van der Waals surface area contributed by atoms with Crippen LogP contribution in [0.5, 0.6) is 5.75 Å². The molecule has 0 unspecified atom stereocenters. The maximum atomic E-state index is 9.98. The van der Waals surface area contributed by atoms with Gasteiger partial charge in [0.25, 0.3) is 0 Å². The molecule has 1 N–H and O–H groups in total. The molecular weight excluding hydrogens is 296 g/mol. The zero-order valence-corrected chi connectivity index (χ0v) is 14.3. The van der Waals surface area contributed by atoms with Gasteiger partial charge in [0.2, 0.25) is 0 Å². The van der Waals surface area contributed by atoms with Gasteiger partial charge < -0.3 is 9.84 Å². The highest BCUT2D eigenvalue weighted by molar-refractivity contribution is 5.82. The van der Waals surface area contributed by atoms with Crippen molar-refractivity contribution in [1.29, 1.82) is 0 Å². The fourth-order valence-corrected chi connectivity index (χ4v) is 3.15. The molecule has 0 radical (unpaired) electrons. The molecule has 24 heavy (non-hydrogen) atoms. The zero-order valence-electron chi connectivity index (χ0n) is 14.3. The number of ether oxygens (including phenoxy) is 1. The lowest BCUT2D eigenvalue weighted by Gasteiger charge is -2.13. The van der Waals surface area contributed by atoms with Crippen LogP contribution in [0.3, 0.4) is 0 Å². The average Bonchev–Trinajstić information content (AvgIpc) is 3.10. The third kappa shape index (κ3) is 3.95. The molecule has 3 rings (SSSR count). The third-order valence-electron chi connectivity index (χ3n) is 4.45. The van der Waals surface area contributed by atoms with E-state index in [1.54, 1.807) is 0 Å². The topological polar surface area (TPSA) is 29.5 Å². The second-order valence-electron chi connectivity index (χ2n) is 6.38. The summed E-state index contributed by atoms with van der Waals surface area (Å²) in [5, 5.41) is 9.98. The van der Waals surface area contributed by atoms with E-state index in [0.29, 0.717) is 5.75 Å². The Hall–Kier alpha value is -2.32. The van der Waals surface area contributed by atoms with Crippen molar-refractivity contribution in [1.82, 2.24) is 0 Å². The summed E-state index contributed by atoms with van der Waals surface area (Å²) in [6.07, 6.45) is 8.62. The van der Waals surface area contributed by atoms with E-state index in [0.717, 1.165) is 36.1 Å². The molecule has 1 atom stereocenters. The minimum absolute atomic E-state index is 0.223. The summed E-state index contributed by atoms with van der Waals surface area (Å²) in [6.45, 7) is 4.61. The highest BCUT2D eigenvalue weighted by Gasteiger charge is 2.12. The molecule has 2 nitrogen and oxygen atoms in total. The van der Waals surface area contributed by atoms with Gasteiger partial charge in [-0.1, -0.05) is 48.6 Å². The smallest absolute Gasteiger partial charge is 0.121 e. The summed E-state index contributed by atoms with van der Waals surface area (Å²) < 4.78 is 5.67. The van der Waals surface area contributed by atoms with Crippen molar-refractivity contribution >= 4 is 11.6 Å². The van der Waals surface area contributed by atoms with Crippen molar-refractivity contribution in [2.75, 3.05) is 6.61 Å². The van der Waals surface area contributed by atoms with Gasteiger partial charge in [-0.3, -0.25) is 0 Å². The lowest BCUT2D eigenvalue weighted by atomic mass is 9.95. The molecule has 2 heteroatoms. The van der Waals surface area contributed by atoms with E-state index >= 15 is 0 Å². The number of hydrogen-bond donors (Lipinski definition) is 1. The van der Waals surface area contributed by atoms with Crippen LogP contribution >= 0.6 is 0 Å². The Labute approximate surface area is 144 Å². The maximum Gasteiger partial charge on any atom is 0.121 e. The number of benzene rings is 2. The lowest BCUT2D eigenvalue weighted by molar-refractivity contribution is 0.123. The SMILES string of the molecule is Cc1cc(/C=C(/CC[C@@H]2C=CCO2)c2ccccc2)cc(C)c1O. The van der Waals surface area contributed by atoms with Crippen LogP contribution in [-0.4, -0.2) is 17.8 Å². The van der Waals surface area contributed by atoms with Gasteiger partial charge in [0.05, 0.1) is 12.7 Å². The number of phenols is 1. The molecule has 124 valence electrons. The molecule has 0 aromatic heterocycles. The van der Waals surface area contributed by atoms with Crippen LogP contribution in [0.2, 0.25) is 0 Å². The molecule has 2 aromatic rings. The van der Waals surface area contributed by atoms with Crippen LogP contribution in [0, 0.1) is 13.8 Å². The first-order valence-corrected chi connectivity index (χ1v) is 8.48. The molecular formula is C22H24O2. The van der Waals surface area contributed by atoms with Crippen LogP contribution in [0.25, 0.3) is 11.6 Å². The molecule has 1 aliphatic rings. The van der Waals surface area contributed by atoms with Gasteiger partial charge in [0.1, 0.15) is 5.75 Å². The summed E-state index contributed by atoms with van der Waals surface area (Å²) in [7, 11) is 0. The molecule has 0 amide bonds. The Balaban J connectivity index is 1.89. The van der Waals surface area contributed by atoms with Crippen LogP contribution in [-0.2, 0) is 4.74 Å². The van der Waals surface area contributed by atoms with Crippen molar-refractivity contribution in [2.24, 2.45) is 0 Å². The Bertz CT molecular complexity index is 734. The second kappa shape index (κ2) is 7.50. The normalized spacial score (nSPS) is 17.4. The van der Waals surface area contributed by atoms with Crippen LogP contribution in [0.1, 0.15) is 35.1 Å². The van der Waals surface area contributed by atoms with E-state index in [2.05, 4.69) is 42.5 Å². The van der Waals surface area contributed by atoms with Gasteiger partial charge in [-0.05, 0) is 66.6 Å². The van der Waals surface area contributed by atoms with Crippen LogP contribution in [0.15, 0.2) is 54.6 Å². The first kappa shape index (κ1) is 16.5. The van der Waals surface area contributed by atoms with E-state index in [-0.39, 0.29) is 6.10 Å². The number of aryl methyl sites for hydroxylation is 2. The third-order valence-corrected chi connectivity index (χ3v) is 4.45. The molecule has 2 aromatic carbocycles. The van der Waals surface area contributed by atoms with Gasteiger partial charge >= 0.3 is 0 Å². The zero-order chi connectivity index (χ0) is 16.9. The van der Waals surface area contributed by atoms with Crippen molar-refractivity contribution in [3.63, 3.8) is 0 Å². The van der Waals surface area contributed by atoms with Crippen molar-refractivity contribution < 1.29 is 9.84 Å². The predicted molar refractivity (Wildman–Crippen MR) is 100 cm³/mol. The number of hydrogen-bond acceptors (Lipinski definition) is 2. The molecule has 0 spiro atoms. The maximum absolute atomic E-state index is 9.98. The first-order chi connectivity index (χ1) is 11.6. The average molecular weight is 320 g/mol. The summed E-state index contributed by atoms with van der Waals surface area (Å²) in [5.74, 6) is 0.387. The molecule has 1 heterocycles. The van der Waals surface area contributed by atoms with Crippen LogP contribution < -0.4 is 0 Å². The molecule has 0 bridgehead atoms. The fourth-order valence-electron chi connectivity index (χ4n) is 3.15. The van der Waals surface area contributed by atoms with Gasteiger partial charge in [0, 0.05) is 0 Å².